The minimum Gasteiger partial charge on any atom is -0.408 e. The first-order valence-electron chi connectivity index (χ1n) is 6.28. The molecule has 7 heteroatoms. The van der Waals surface area contributed by atoms with Crippen molar-refractivity contribution < 1.29 is 9.21 Å². The number of carbonyl (C=O) groups is 1. The van der Waals surface area contributed by atoms with Gasteiger partial charge in [-0.2, -0.15) is 0 Å². The summed E-state index contributed by atoms with van der Waals surface area (Å²) in [5.41, 5.74) is 5.39. The lowest BCUT2D eigenvalue weighted by atomic mass is 10.3. The molecule has 7 nitrogen and oxygen atoms in total. The highest BCUT2D eigenvalue weighted by atomic mass is 16.4. The van der Waals surface area contributed by atoms with Gasteiger partial charge >= 0.3 is 6.01 Å². The Kier molecular flexibility index (Phi) is 4.14. The van der Waals surface area contributed by atoms with Gasteiger partial charge in [0.15, 0.2) is 0 Å². The Balaban J connectivity index is 1.88. The Bertz CT molecular complexity index is 400. The molecular formula is C11H19N5O2. The van der Waals surface area contributed by atoms with E-state index in [0.29, 0.717) is 18.9 Å². The third-order valence-electron chi connectivity index (χ3n) is 2.95. The Labute approximate surface area is 106 Å². The van der Waals surface area contributed by atoms with Crippen LogP contribution in [0.1, 0.15) is 25.7 Å². The summed E-state index contributed by atoms with van der Waals surface area (Å²) >= 11 is 0. The second-order valence-electron chi connectivity index (χ2n) is 4.44. The Morgan fingerprint density at radius 2 is 2.22 bits per heavy atom. The molecule has 1 saturated heterocycles. The van der Waals surface area contributed by atoms with Crippen LogP contribution >= 0.6 is 0 Å². The lowest BCUT2D eigenvalue weighted by Gasteiger charge is -2.20. The van der Waals surface area contributed by atoms with E-state index in [9.17, 15) is 4.79 Å². The van der Waals surface area contributed by atoms with Crippen LogP contribution in [0.15, 0.2) is 4.42 Å². The fourth-order valence-corrected chi connectivity index (χ4v) is 1.99. The highest BCUT2D eigenvalue weighted by Crippen LogP contribution is 2.12. The fraction of sp³-hybridized carbons (Fsp3) is 0.727. The van der Waals surface area contributed by atoms with Crippen molar-refractivity contribution in [2.24, 2.45) is 5.73 Å². The maximum atomic E-state index is 12.0. The van der Waals surface area contributed by atoms with E-state index in [0.717, 1.165) is 25.9 Å². The number of hydrogen-bond donors (Lipinski definition) is 2. The monoisotopic (exact) mass is 253 g/mol. The molecule has 0 spiro atoms. The Hall–Kier alpha value is -1.63. The molecule has 1 aliphatic heterocycles. The third kappa shape index (κ3) is 2.98. The highest BCUT2D eigenvalue weighted by molar-refractivity contribution is 5.83. The molecule has 3 N–H and O–H groups in total. The number of aromatic nitrogens is 2. The highest BCUT2D eigenvalue weighted by Gasteiger charge is 2.24. The number of anilines is 1. The van der Waals surface area contributed by atoms with Gasteiger partial charge in [0.25, 0.3) is 0 Å². The predicted octanol–water partition coefficient (Wildman–Crippen LogP) is -0.00640. The van der Waals surface area contributed by atoms with E-state index >= 15 is 0 Å². The standard InChI is InChI=1S/C11H19N5O2/c1-8(10(17)16-6-2-3-7-16)13-11-15-14-9(18-11)4-5-12/h8H,2-7,12H2,1H3,(H,13,15). The zero-order chi connectivity index (χ0) is 13.0. The van der Waals surface area contributed by atoms with Gasteiger partial charge in [0.1, 0.15) is 6.04 Å². The molecule has 1 fully saturated rings. The van der Waals surface area contributed by atoms with Crippen molar-refractivity contribution in [2.45, 2.75) is 32.2 Å². The first-order chi connectivity index (χ1) is 8.70. The average molecular weight is 253 g/mol. The van der Waals surface area contributed by atoms with E-state index in [2.05, 4.69) is 15.5 Å². The van der Waals surface area contributed by atoms with Gasteiger partial charge in [-0.05, 0) is 19.8 Å². The summed E-state index contributed by atoms with van der Waals surface area (Å²) in [5, 5.41) is 10.6. The van der Waals surface area contributed by atoms with Gasteiger partial charge in [-0.15, -0.1) is 5.10 Å². The lowest BCUT2D eigenvalue weighted by Crippen LogP contribution is -2.39. The lowest BCUT2D eigenvalue weighted by molar-refractivity contribution is -0.130. The molecule has 1 unspecified atom stereocenters. The molecular weight excluding hydrogens is 234 g/mol. The van der Waals surface area contributed by atoms with Crippen molar-refractivity contribution >= 4 is 11.9 Å². The van der Waals surface area contributed by atoms with Gasteiger partial charge in [-0.1, -0.05) is 5.10 Å². The molecule has 18 heavy (non-hydrogen) atoms. The molecule has 100 valence electrons. The maximum Gasteiger partial charge on any atom is 0.316 e. The number of likely N-dealkylation sites (tertiary alicyclic amines) is 1. The Morgan fingerprint density at radius 3 is 2.89 bits per heavy atom. The molecule has 1 amide bonds. The molecule has 1 atom stereocenters. The number of amides is 1. The predicted molar refractivity (Wildman–Crippen MR) is 66.0 cm³/mol. The van der Waals surface area contributed by atoms with E-state index in [4.69, 9.17) is 10.2 Å². The molecule has 0 saturated carbocycles. The molecule has 0 bridgehead atoms. The normalized spacial score (nSPS) is 16.9. The zero-order valence-electron chi connectivity index (χ0n) is 10.6. The number of nitrogens with two attached hydrogens (primary N) is 1. The van der Waals surface area contributed by atoms with Crippen LogP contribution in [0.2, 0.25) is 0 Å². The van der Waals surface area contributed by atoms with Gasteiger partial charge in [-0.25, -0.2) is 0 Å². The number of nitrogens with zero attached hydrogens (tertiary/aromatic N) is 3. The molecule has 2 heterocycles. The summed E-state index contributed by atoms with van der Waals surface area (Å²) in [6.45, 7) is 3.94. The summed E-state index contributed by atoms with van der Waals surface area (Å²) in [4.78, 5) is 13.9. The first kappa shape index (κ1) is 12.8. The number of hydrogen-bond acceptors (Lipinski definition) is 6. The second kappa shape index (κ2) is 5.81. The SMILES string of the molecule is CC(Nc1nnc(CCN)o1)C(=O)N1CCCC1. The second-order valence-corrected chi connectivity index (χ2v) is 4.44. The van der Waals surface area contributed by atoms with E-state index in [1.165, 1.54) is 0 Å². The van der Waals surface area contributed by atoms with E-state index < -0.39 is 0 Å². The van der Waals surface area contributed by atoms with Gasteiger partial charge in [0.2, 0.25) is 11.8 Å². The minimum atomic E-state index is -0.353. The largest absolute Gasteiger partial charge is 0.408 e. The number of rotatable bonds is 5. The zero-order valence-corrected chi connectivity index (χ0v) is 10.6. The van der Waals surface area contributed by atoms with E-state index in [1.54, 1.807) is 6.92 Å². The summed E-state index contributed by atoms with van der Waals surface area (Å²) in [6.07, 6.45) is 2.71. The van der Waals surface area contributed by atoms with Crippen LogP contribution in [0.4, 0.5) is 6.01 Å². The van der Waals surface area contributed by atoms with Crippen LogP contribution in [0.25, 0.3) is 0 Å². The minimum absolute atomic E-state index is 0.0751. The average Bonchev–Trinajstić information content (AvgIpc) is 3.00. The molecule has 1 aromatic heterocycles. The quantitative estimate of drug-likeness (QED) is 0.766. The molecule has 0 aliphatic carbocycles. The molecule has 0 aromatic carbocycles. The van der Waals surface area contributed by atoms with Gasteiger partial charge in [0.05, 0.1) is 0 Å². The van der Waals surface area contributed by atoms with Crippen molar-refractivity contribution in [2.75, 3.05) is 25.0 Å². The topological polar surface area (TPSA) is 97.3 Å². The van der Waals surface area contributed by atoms with Crippen molar-refractivity contribution in [3.05, 3.63) is 5.89 Å². The number of carbonyl (C=O) groups excluding carboxylic acids is 1. The van der Waals surface area contributed by atoms with Gasteiger partial charge in [0, 0.05) is 26.1 Å². The van der Waals surface area contributed by atoms with Crippen molar-refractivity contribution in [1.29, 1.82) is 0 Å². The molecule has 1 aromatic rings. The molecule has 2 rings (SSSR count). The van der Waals surface area contributed by atoms with Crippen molar-refractivity contribution in [3.8, 4) is 0 Å². The summed E-state index contributed by atoms with van der Waals surface area (Å²) in [6, 6.07) is -0.0761. The molecule has 0 radical (unpaired) electrons. The summed E-state index contributed by atoms with van der Waals surface area (Å²) in [7, 11) is 0. The van der Waals surface area contributed by atoms with Crippen LogP contribution < -0.4 is 11.1 Å². The van der Waals surface area contributed by atoms with Crippen LogP contribution in [0.3, 0.4) is 0 Å². The summed E-state index contributed by atoms with van der Waals surface area (Å²) < 4.78 is 5.32. The third-order valence-corrected chi connectivity index (χ3v) is 2.95. The van der Waals surface area contributed by atoms with Crippen LogP contribution in [-0.2, 0) is 11.2 Å². The number of nitrogens with one attached hydrogen (secondary N) is 1. The fourth-order valence-electron chi connectivity index (χ4n) is 1.99. The van der Waals surface area contributed by atoms with E-state index in [1.807, 2.05) is 4.90 Å². The first-order valence-corrected chi connectivity index (χ1v) is 6.28. The van der Waals surface area contributed by atoms with Crippen LogP contribution in [0.5, 0.6) is 0 Å². The van der Waals surface area contributed by atoms with Crippen molar-refractivity contribution in [1.82, 2.24) is 15.1 Å². The van der Waals surface area contributed by atoms with Crippen molar-refractivity contribution in [3.63, 3.8) is 0 Å². The van der Waals surface area contributed by atoms with Crippen LogP contribution in [0, 0.1) is 0 Å². The van der Waals surface area contributed by atoms with Gasteiger partial charge < -0.3 is 20.4 Å². The molecule has 1 aliphatic rings. The Morgan fingerprint density at radius 1 is 1.50 bits per heavy atom. The van der Waals surface area contributed by atoms with Crippen LogP contribution in [-0.4, -0.2) is 46.7 Å². The smallest absolute Gasteiger partial charge is 0.316 e. The summed E-state index contributed by atoms with van der Waals surface area (Å²) in [5.74, 6) is 0.562. The van der Waals surface area contributed by atoms with Gasteiger partial charge in [-0.3, -0.25) is 4.79 Å². The van der Waals surface area contributed by atoms with E-state index in [-0.39, 0.29) is 18.0 Å². The maximum absolute atomic E-state index is 12.0.